The molecule has 6 aromatic rings. The molecule has 0 aliphatic heterocycles. The summed E-state index contributed by atoms with van der Waals surface area (Å²) >= 11 is 0. The van der Waals surface area contributed by atoms with Crippen LogP contribution >= 0.6 is 20.1 Å². The van der Waals surface area contributed by atoms with Gasteiger partial charge in [0.25, 0.3) is 0 Å². The maximum atomic E-state index is 2.39. The predicted molar refractivity (Wildman–Crippen MR) is 257 cm³/mol. The fourth-order valence-electron chi connectivity index (χ4n) is 6.30. The van der Waals surface area contributed by atoms with Gasteiger partial charge in [0.05, 0.1) is 8.07 Å². The van der Waals surface area contributed by atoms with Crippen LogP contribution in [0, 0.1) is 0 Å². The molecule has 0 saturated carbocycles. The molecule has 282 valence electrons. The molecule has 0 atom stereocenters. The van der Waals surface area contributed by atoms with E-state index in [1.54, 1.807) is 0 Å². The van der Waals surface area contributed by atoms with Gasteiger partial charge in [0.15, 0.2) is 0 Å². The second-order valence-corrected chi connectivity index (χ2v) is 30.2. The van der Waals surface area contributed by atoms with Crippen molar-refractivity contribution < 1.29 is 0 Å². The molecule has 0 aromatic heterocycles. The van der Waals surface area contributed by atoms with E-state index in [0.717, 1.165) is 17.1 Å². The van der Waals surface area contributed by atoms with Gasteiger partial charge >= 0.3 is 0 Å². The maximum Gasteiger partial charge on any atom is 0.0775 e. The van der Waals surface area contributed by atoms with E-state index >= 15 is 0 Å². The van der Waals surface area contributed by atoms with Gasteiger partial charge < -0.3 is 4.90 Å². The summed E-state index contributed by atoms with van der Waals surface area (Å²) in [7, 11) is -2.76. The minimum absolute atomic E-state index is 0.725. The van der Waals surface area contributed by atoms with Crippen molar-refractivity contribution in [2.75, 3.05) is 42.4 Å². The average Bonchev–Trinajstić information content (AvgIpc) is 3.16. The van der Waals surface area contributed by atoms with Crippen molar-refractivity contribution in [3.63, 3.8) is 0 Å². The van der Waals surface area contributed by atoms with Crippen LogP contribution in [0.5, 0.6) is 0 Å². The molecular formula is C51H57NS2Si. The molecule has 6 rings (SSSR count). The van der Waals surface area contributed by atoms with Crippen molar-refractivity contribution in [2.24, 2.45) is 0 Å². The number of hydrogen-bond donors (Lipinski definition) is 0. The molecule has 0 saturated heterocycles. The average molecular weight is 776 g/mol. The highest BCUT2D eigenvalue weighted by Gasteiger charge is 2.16. The molecule has 55 heavy (non-hydrogen) atoms. The second-order valence-electron chi connectivity index (χ2n) is 16.8. The molecule has 0 fully saturated rings. The van der Waals surface area contributed by atoms with Crippen LogP contribution in [0.15, 0.2) is 155 Å². The van der Waals surface area contributed by atoms with E-state index < -0.39 is 28.1 Å². The molecule has 0 spiro atoms. The molecule has 0 bridgehead atoms. The third-order valence-corrected chi connectivity index (χ3v) is 15.2. The van der Waals surface area contributed by atoms with Crippen LogP contribution < -0.4 is 10.1 Å². The van der Waals surface area contributed by atoms with Crippen molar-refractivity contribution in [2.45, 2.75) is 29.4 Å². The molecule has 4 heteroatoms. The third kappa shape index (κ3) is 10.9. The van der Waals surface area contributed by atoms with Gasteiger partial charge in [0.2, 0.25) is 0 Å². The fraction of sp³-hybridized carbons (Fsp3) is 0.176. The number of rotatable bonds is 12. The Morgan fingerprint density at radius 2 is 0.545 bits per heavy atom. The summed E-state index contributed by atoms with van der Waals surface area (Å²) in [6.07, 6.45) is 27.2. The van der Waals surface area contributed by atoms with Crippen LogP contribution in [-0.4, -0.2) is 45.6 Å². The zero-order valence-electron chi connectivity index (χ0n) is 34.1. The van der Waals surface area contributed by atoms with Crippen LogP contribution in [-0.2, 0) is 0 Å². The minimum Gasteiger partial charge on any atom is -0.311 e. The highest BCUT2D eigenvalue weighted by atomic mass is 32.3. The van der Waals surface area contributed by atoms with Gasteiger partial charge in [-0.1, -0.05) is 146 Å². The first-order valence-corrected chi connectivity index (χ1v) is 28.2. The molecule has 0 amide bonds. The summed E-state index contributed by atoms with van der Waals surface area (Å²) in [6.45, 7) is 7.17. The van der Waals surface area contributed by atoms with Crippen molar-refractivity contribution >= 4 is 86.8 Å². The van der Waals surface area contributed by atoms with E-state index in [9.17, 15) is 0 Å². The van der Waals surface area contributed by atoms with E-state index in [-0.39, 0.29) is 0 Å². The molecule has 1 nitrogen and oxygen atoms in total. The van der Waals surface area contributed by atoms with E-state index in [2.05, 4.69) is 244 Å². The quantitative estimate of drug-likeness (QED) is 0.0884. The lowest BCUT2D eigenvalue weighted by atomic mass is 10.1. The Kier molecular flexibility index (Phi) is 12.3. The lowest BCUT2D eigenvalue weighted by molar-refractivity contribution is 1.28. The normalized spacial score (nSPS) is 13.2. The lowest BCUT2D eigenvalue weighted by Gasteiger charge is -2.26. The molecule has 6 aromatic carbocycles. The first-order chi connectivity index (χ1) is 26.1. The Bertz CT molecular complexity index is 1980. The zero-order chi connectivity index (χ0) is 39.2. The highest BCUT2D eigenvalue weighted by molar-refractivity contribution is 8.32. The maximum absolute atomic E-state index is 2.39. The van der Waals surface area contributed by atoms with E-state index in [1.807, 2.05) is 0 Å². The van der Waals surface area contributed by atoms with Crippen LogP contribution in [0.25, 0.3) is 36.5 Å². The van der Waals surface area contributed by atoms with Gasteiger partial charge in [-0.15, -0.1) is 0 Å². The molecular weight excluding hydrogens is 719 g/mol. The van der Waals surface area contributed by atoms with Crippen molar-refractivity contribution in [1.29, 1.82) is 0 Å². The van der Waals surface area contributed by atoms with Crippen LogP contribution in [0.1, 0.15) is 33.4 Å². The standard InChI is InChI=1S/C51H57NS2Si/c1-53(2,3)49-34-22-43(23-35-49)13-10-40-16-28-46(29-17-40)52(47-30-18-41(19-31-47)11-14-44-24-36-50(37-25-44)54(4,5)6)48-32-20-42(21-33-48)12-15-45-26-38-51(39-27-45)55(7,8)9/h10-39H,1-9H3/b13-10+,14-11+,15-12+. The van der Waals surface area contributed by atoms with E-state index in [1.165, 1.54) is 48.4 Å². The van der Waals surface area contributed by atoms with E-state index in [4.69, 9.17) is 0 Å². The Hall–Kier alpha value is -4.74. The van der Waals surface area contributed by atoms with Gasteiger partial charge in [0.1, 0.15) is 0 Å². The summed E-state index contributed by atoms with van der Waals surface area (Å²) in [5.41, 5.74) is 10.5. The van der Waals surface area contributed by atoms with Crippen LogP contribution in [0.2, 0.25) is 19.6 Å². The fourth-order valence-corrected chi connectivity index (χ4v) is 9.37. The Morgan fingerprint density at radius 1 is 0.327 bits per heavy atom. The number of hydrogen-bond acceptors (Lipinski definition) is 1. The molecule has 0 aliphatic rings. The van der Waals surface area contributed by atoms with Gasteiger partial charge in [-0.25, -0.2) is 20.1 Å². The summed E-state index contributed by atoms with van der Waals surface area (Å²) in [5.74, 6) is 0. The van der Waals surface area contributed by atoms with Crippen molar-refractivity contribution in [3.8, 4) is 0 Å². The number of nitrogens with zero attached hydrogens (tertiary/aromatic N) is 1. The Balaban J connectivity index is 1.24. The smallest absolute Gasteiger partial charge is 0.0775 e. The summed E-state index contributed by atoms with van der Waals surface area (Å²) < 4.78 is 0. The summed E-state index contributed by atoms with van der Waals surface area (Å²) in [5, 5.41) is 1.49. The van der Waals surface area contributed by atoms with Crippen LogP contribution in [0.3, 0.4) is 0 Å². The van der Waals surface area contributed by atoms with Crippen molar-refractivity contribution in [3.05, 3.63) is 179 Å². The lowest BCUT2D eigenvalue weighted by Crippen LogP contribution is -2.37. The molecule has 0 radical (unpaired) electrons. The number of anilines is 3. The largest absolute Gasteiger partial charge is 0.311 e. The first kappa shape index (κ1) is 39.9. The van der Waals surface area contributed by atoms with E-state index in [0.29, 0.717) is 0 Å². The molecule has 0 N–H and O–H groups in total. The molecule has 0 aliphatic carbocycles. The van der Waals surface area contributed by atoms with Gasteiger partial charge in [-0.2, -0.15) is 0 Å². The SMILES string of the molecule is C[Si](C)(C)c1ccc(/C=C/c2ccc(N(c3ccc(/C=C/c4ccc(S(C)(C)C)cc4)cc3)c3ccc(/C=C/c4ccc(S(C)(C)C)cc4)cc3)cc2)cc1. The van der Waals surface area contributed by atoms with Gasteiger partial charge in [-0.3, -0.25) is 0 Å². The zero-order valence-corrected chi connectivity index (χ0v) is 36.7. The molecule has 0 heterocycles. The van der Waals surface area contributed by atoms with Crippen LogP contribution in [0.4, 0.5) is 17.1 Å². The predicted octanol–water partition coefficient (Wildman–Crippen LogP) is 14.3. The van der Waals surface area contributed by atoms with Crippen molar-refractivity contribution in [1.82, 2.24) is 0 Å². The Labute approximate surface area is 335 Å². The first-order valence-electron chi connectivity index (χ1n) is 18.9. The highest BCUT2D eigenvalue weighted by Crippen LogP contribution is 2.45. The monoisotopic (exact) mass is 775 g/mol. The third-order valence-electron chi connectivity index (χ3n) is 9.81. The number of benzene rings is 6. The minimum atomic E-state index is -1.31. The summed E-state index contributed by atoms with van der Waals surface area (Å²) in [6, 6.07) is 53.7. The van der Waals surface area contributed by atoms with Gasteiger partial charge in [-0.05, 0) is 141 Å². The summed E-state index contributed by atoms with van der Waals surface area (Å²) in [4.78, 5) is 5.20. The van der Waals surface area contributed by atoms with Gasteiger partial charge in [0, 0.05) is 17.1 Å². The second kappa shape index (κ2) is 17.0. The molecule has 0 unspecified atom stereocenters. The topological polar surface area (TPSA) is 3.24 Å². The Morgan fingerprint density at radius 3 is 0.764 bits per heavy atom.